The average molecular weight is 324 g/mol. The number of thioether (sulfide) groups is 1. The summed E-state index contributed by atoms with van der Waals surface area (Å²) in [7, 11) is 0. The number of hydrogen-bond acceptors (Lipinski definition) is 4. The van der Waals surface area contributed by atoms with E-state index in [0.717, 1.165) is 15.7 Å². The third kappa shape index (κ3) is 4.58. The van der Waals surface area contributed by atoms with Crippen LogP contribution >= 0.6 is 23.4 Å². The Bertz CT molecular complexity index is 569. The summed E-state index contributed by atoms with van der Waals surface area (Å²) in [6, 6.07) is 7.42. The minimum Gasteiger partial charge on any atom is -0.335 e. The normalized spacial score (nSPS) is 13.1. The van der Waals surface area contributed by atoms with Gasteiger partial charge in [0.15, 0.2) is 0 Å². The van der Waals surface area contributed by atoms with Gasteiger partial charge in [-0.1, -0.05) is 30.6 Å². The molecule has 112 valence electrons. The van der Waals surface area contributed by atoms with E-state index in [1.165, 1.54) is 0 Å². The quantitative estimate of drug-likeness (QED) is 0.557. The van der Waals surface area contributed by atoms with Crippen molar-refractivity contribution in [2.75, 3.05) is 5.75 Å². The van der Waals surface area contributed by atoms with Gasteiger partial charge in [0.25, 0.3) is 0 Å². The Labute approximate surface area is 133 Å². The molecule has 1 aromatic carbocycles. The number of nitrogens with zero attached hydrogens (tertiary/aromatic N) is 3. The average Bonchev–Trinajstić information content (AvgIpc) is 2.97. The van der Waals surface area contributed by atoms with Gasteiger partial charge in [-0.15, -0.1) is 11.8 Å². The van der Waals surface area contributed by atoms with Gasteiger partial charge in [-0.05, 0) is 24.3 Å². The highest BCUT2D eigenvalue weighted by atomic mass is 35.5. The van der Waals surface area contributed by atoms with Crippen molar-refractivity contribution in [1.29, 1.82) is 0 Å². The van der Waals surface area contributed by atoms with Crippen LogP contribution in [0.1, 0.15) is 13.8 Å². The van der Waals surface area contributed by atoms with Crippen molar-refractivity contribution in [2.24, 2.45) is 10.6 Å². The largest absolute Gasteiger partial charge is 0.335 e. The van der Waals surface area contributed by atoms with E-state index in [1.54, 1.807) is 24.3 Å². The molecule has 0 saturated heterocycles. The lowest BCUT2D eigenvalue weighted by molar-refractivity contribution is 0.298. The molecular formula is C15H18ClN3OS. The maximum absolute atomic E-state index is 11.2. The first-order valence-corrected chi connectivity index (χ1v) is 8.04. The predicted octanol–water partition coefficient (Wildman–Crippen LogP) is 4.49. The molecule has 4 nitrogen and oxygen atoms in total. The molecule has 0 aliphatic rings. The van der Waals surface area contributed by atoms with Crippen LogP contribution < -0.4 is 0 Å². The molecule has 0 saturated carbocycles. The maximum Gasteiger partial charge on any atom is 0.116 e. The van der Waals surface area contributed by atoms with Crippen molar-refractivity contribution < 1.29 is 0 Å². The molecule has 0 fully saturated rings. The molecule has 0 N–H and O–H groups in total. The van der Waals surface area contributed by atoms with Gasteiger partial charge in [0.1, 0.15) is 6.04 Å². The van der Waals surface area contributed by atoms with Crippen molar-refractivity contribution in [3.05, 3.63) is 52.9 Å². The van der Waals surface area contributed by atoms with Crippen molar-refractivity contribution in [3.8, 4) is 0 Å². The summed E-state index contributed by atoms with van der Waals surface area (Å²) in [5, 5.41) is 4.06. The number of nitroso groups, excluding NO2 is 1. The highest BCUT2D eigenvalue weighted by molar-refractivity contribution is 7.99. The molecule has 1 atom stereocenters. The number of imidazole rings is 1. The summed E-state index contributed by atoms with van der Waals surface area (Å²) in [5.41, 5.74) is -0.212. The first-order chi connectivity index (χ1) is 10.0. The van der Waals surface area contributed by atoms with Crippen molar-refractivity contribution in [1.82, 2.24) is 9.55 Å². The van der Waals surface area contributed by atoms with Crippen LogP contribution in [-0.2, 0) is 6.54 Å². The zero-order valence-electron chi connectivity index (χ0n) is 12.1. The minimum absolute atomic E-state index is 0.212. The molecule has 2 rings (SSSR count). The number of hydrogen-bond donors (Lipinski definition) is 0. The lowest BCUT2D eigenvalue weighted by Crippen LogP contribution is -2.33. The molecular weight excluding hydrogens is 306 g/mol. The van der Waals surface area contributed by atoms with Gasteiger partial charge in [-0.2, -0.15) is 4.91 Å². The number of aromatic nitrogens is 2. The maximum atomic E-state index is 11.2. The highest BCUT2D eigenvalue weighted by Crippen LogP contribution is 2.33. The number of rotatable bonds is 7. The van der Waals surface area contributed by atoms with Crippen LogP contribution in [0.15, 0.2) is 53.1 Å². The Balaban J connectivity index is 1.98. The summed E-state index contributed by atoms with van der Waals surface area (Å²) in [4.78, 5) is 16.4. The van der Waals surface area contributed by atoms with Gasteiger partial charge < -0.3 is 4.57 Å². The molecule has 0 spiro atoms. The van der Waals surface area contributed by atoms with E-state index in [-0.39, 0.29) is 11.5 Å². The molecule has 2 aromatic rings. The van der Waals surface area contributed by atoms with Crippen LogP contribution in [0.25, 0.3) is 0 Å². The van der Waals surface area contributed by atoms with E-state index >= 15 is 0 Å². The van der Waals surface area contributed by atoms with Crippen LogP contribution in [0, 0.1) is 10.3 Å². The molecule has 0 radical (unpaired) electrons. The Kier molecular flexibility index (Phi) is 5.42. The van der Waals surface area contributed by atoms with Crippen LogP contribution in [0.5, 0.6) is 0 Å². The number of halogens is 1. The molecule has 0 aliphatic heterocycles. The van der Waals surface area contributed by atoms with E-state index in [4.69, 9.17) is 11.6 Å². The summed E-state index contributed by atoms with van der Waals surface area (Å²) in [5.74, 6) is 0.805. The van der Waals surface area contributed by atoms with Gasteiger partial charge >= 0.3 is 0 Å². The second kappa shape index (κ2) is 7.09. The zero-order chi connectivity index (χ0) is 15.3. The van der Waals surface area contributed by atoms with Gasteiger partial charge in [-0.3, -0.25) is 0 Å². The first kappa shape index (κ1) is 16.0. The van der Waals surface area contributed by atoms with Crippen molar-refractivity contribution in [3.63, 3.8) is 0 Å². The van der Waals surface area contributed by atoms with E-state index in [2.05, 4.69) is 24.0 Å². The molecule has 0 amide bonds. The Morgan fingerprint density at radius 3 is 2.67 bits per heavy atom. The highest BCUT2D eigenvalue weighted by Gasteiger charge is 2.31. The molecule has 1 heterocycles. The third-order valence-electron chi connectivity index (χ3n) is 3.40. The fourth-order valence-corrected chi connectivity index (χ4v) is 3.10. The second-order valence-corrected chi connectivity index (χ2v) is 7.10. The third-order valence-corrected chi connectivity index (χ3v) is 5.14. The van der Waals surface area contributed by atoms with Gasteiger partial charge in [0.05, 0.1) is 6.33 Å². The smallest absolute Gasteiger partial charge is 0.116 e. The van der Waals surface area contributed by atoms with E-state index < -0.39 is 0 Å². The van der Waals surface area contributed by atoms with Crippen LogP contribution in [0.2, 0.25) is 5.02 Å². The number of benzene rings is 1. The molecule has 0 aliphatic carbocycles. The monoisotopic (exact) mass is 323 g/mol. The van der Waals surface area contributed by atoms with E-state index in [9.17, 15) is 4.91 Å². The lowest BCUT2D eigenvalue weighted by Gasteiger charge is -2.29. The fraction of sp³-hybridized carbons (Fsp3) is 0.400. The molecule has 0 bridgehead atoms. The Hall–Kier alpha value is -1.33. The van der Waals surface area contributed by atoms with E-state index in [0.29, 0.717) is 6.54 Å². The summed E-state index contributed by atoms with van der Waals surface area (Å²) < 4.78 is 1.89. The fourth-order valence-electron chi connectivity index (χ4n) is 1.91. The SMILES string of the molecule is CC(C)(CSc1ccc(Cl)cc1)C(Cn1ccnc1)N=O. The second-order valence-electron chi connectivity index (χ2n) is 5.61. The van der Waals surface area contributed by atoms with Crippen LogP contribution in [0.3, 0.4) is 0 Å². The molecule has 1 unspecified atom stereocenters. The van der Waals surface area contributed by atoms with Crippen molar-refractivity contribution >= 4 is 23.4 Å². The summed E-state index contributed by atoms with van der Waals surface area (Å²) >= 11 is 7.59. The molecule has 1 aromatic heterocycles. The molecule has 6 heteroatoms. The van der Waals surface area contributed by atoms with E-state index in [1.807, 2.05) is 35.0 Å². The van der Waals surface area contributed by atoms with Crippen LogP contribution in [-0.4, -0.2) is 21.3 Å². The van der Waals surface area contributed by atoms with Gasteiger partial charge in [0.2, 0.25) is 0 Å². The predicted molar refractivity (Wildman–Crippen MR) is 87.8 cm³/mol. The summed E-state index contributed by atoms with van der Waals surface area (Å²) in [6.45, 7) is 4.69. The Morgan fingerprint density at radius 2 is 2.10 bits per heavy atom. The minimum atomic E-state index is -0.300. The standard InChI is InChI=1S/C15H18ClN3OS/c1-15(2,10-21-13-5-3-12(16)4-6-13)14(18-20)9-19-8-7-17-11-19/h3-8,11,14H,9-10H2,1-2H3. The summed E-state index contributed by atoms with van der Waals surface area (Å²) in [6.07, 6.45) is 5.26. The van der Waals surface area contributed by atoms with Crippen molar-refractivity contribution in [2.45, 2.75) is 31.3 Å². The zero-order valence-corrected chi connectivity index (χ0v) is 13.6. The van der Waals surface area contributed by atoms with Gasteiger partial charge in [-0.25, -0.2) is 4.98 Å². The van der Waals surface area contributed by atoms with Crippen LogP contribution in [0.4, 0.5) is 0 Å². The molecule has 21 heavy (non-hydrogen) atoms. The topological polar surface area (TPSA) is 47.2 Å². The lowest BCUT2D eigenvalue weighted by atomic mass is 9.87. The first-order valence-electron chi connectivity index (χ1n) is 6.68. The Morgan fingerprint density at radius 1 is 1.38 bits per heavy atom. The van der Waals surface area contributed by atoms with Gasteiger partial charge in [0, 0.05) is 40.0 Å².